The zero-order chi connectivity index (χ0) is 23.8. The number of hydrogen-bond acceptors (Lipinski definition) is 7. The minimum Gasteiger partial charge on any atom is -0.449 e. The van der Waals surface area contributed by atoms with Crippen LogP contribution in [0.3, 0.4) is 0 Å². The molecule has 9 nitrogen and oxygen atoms in total. The first kappa shape index (κ1) is 22.4. The van der Waals surface area contributed by atoms with Gasteiger partial charge >= 0.3 is 0 Å². The molecule has 2 heterocycles. The molecule has 0 atom stereocenters. The predicted molar refractivity (Wildman–Crippen MR) is 123 cm³/mol. The number of sulfone groups is 1. The summed E-state index contributed by atoms with van der Waals surface area (Å²) in [6.07, 6.45) is 1.94. The summed E-state index contributed by atoms with van der Waals surface area (Å²) in [6, 6.07) is 13.9. The highest BCUT2D eigenvalue weighted by Crippen LogP contribution is 2.32. The molecule has 4 aromatic rings. The molecular weight excluding hydrogens is 468 g/mol. The number of nitrogens with zero attached hydrogens (tertiary/aromatic N) is 2. The molecule has 33 heavy (non-hydrogen) atoms. The molecule has 2 aromatic carbocycles. The van der Waals surface area contributed by atoms with E-state index in [0.717, 1.165) is 18.0 Å². The number of aryl methyl sites for hydroxylation is 1. The Kier molecular flexibility index (Phi) is 5.88. The Morgan fingerprint density at radius 2 is 1.70 bits per heavy atom. The van der Waals surface area contributed by atoms with E-state index in [-0.39, 0.29) is 22.2 Å². The van der Waals surface area contributed by atoms with Crippen LogP contribution in [0.5, 0.6) is 0 Å². The van der Waals surface area contributed by atoms with E-state index in [1.165, 1.54) is 0 Å². The molecule has 4 rings (SSSR count). The Labute approximate surface area is 193 Å². The van der Waals surface area contributed by atoms with Gasteiger partial charge in [-0.2, -0.15) is 0 Å². The van der Waals surface area contributed by atoms with Gasteiger partial charge in [0.1, 0.15) is 11.3 Å². The number of carbonyl (C=O) groups excluding carboxylic acids is 2. The van der Waals surface area contributed by atoms with Crippen LogP contribution in [0.1, 0.15) is 26.6 Å². The van der Waals surface area contributed by atoms with E-state index in [1.54, 1.807) is 36.4 Å². The van der Waals surface area contributed by atoms with Gasteiger partial charge in [0.25, 0.3) is 11.8 Å². The molecule has 0 saturated carbocycles. The number of anilines is 2. The summed E-state index contributed by atoms with van der Waals surface area (Å²) in [5, 5.41) is 5.07. The van der Waals surface area contributed by atoms with Crippen molar-refractivity contribution in [1.29, 1.82) is 0 Å². The van der Waals surface area contributed by atoms with Crippen molar-refractivity contribution in [3.05, 3.63) is 76.8 Å². The molecule has 0 aliphatic carbocycles. The fourth-order valence-corrected chi connectivity index (χ4v) is 3.69. The quantitative estimate of drug-likeness (QED) is 0.408. The minimum absolute atomic E-state index is 0.0933. The summed E-state index contributed by atoms with van der Waals surface area (Å²) in [4.78, 5) is 33.4. The Hall–Kier alpha value is -3.76. The van der Waals surface area contributed by atoms with Crippen LogP contribution in [0, 0.1) is 6.92 Å². The molecule has 11 heteroatoms. The lowest BCUT2D eigenvalue weighted by Gasteiger charge is -2.08. The van der Waals surface area contributed by atoms with Gasteiger partial charge in [-0.1, -0.05) is 41.4 Å². The topological polar surface area (TPSA) is 131 Å². The Bertz CT molecular complexity index is 1500. The van der Waals surface area contributed by atoms with Crippen molar-refractivity contribution in [2.45, 2.75) is 12.1 Å². The highest BCUT2D eigenvalue weighted by atomic mass is 35.5. The van der Waals surface area contributed by atoms with E-state index < -0.39 is 26.8 Å². The number of furan rings is 1. The lowest BCUT2D eigenvalue weighted by molar-refractivity contribution is 0.0999. The Balaban J connectivity index is 1.72. The fraction of sp³-hybridized carbons (Fsp3) is 0.0909. The average Bonchev–Trinajstić information content (AvgIpc) is 3.13. The second kappa shape index (κ2) is 8.64. The SMILES string of the molecule is Cc1ccc(NC(=O)c2oc3ccccc3c2NC(=O)c2nc(S(C)(=O)=O)ncc2Cl)cc1. The van der Waals surface area contributed by atoms with Gasteiger partial charge in [-0.25, -0.2) is 18.4 Å². The average molecular weight is 485 g/mol. The van der Waals surface area contributed by atoms with E-state index >= 15 is 0 Å². The molecule has 168 valence electrons. The van der Waals surface area contributed by atoms with Crippen LogP contribution in [0.2, 0.25) is 5.02 Å². The number of para-hydroxylation sites is 1. The van der Waals surface area contributed by atoms with Crippen LogP contribution in [0.15, 0.2) is 64.3 Å². The van der Waals surface area contributed by atoms with Crippen LogP contribution < -0.4 is 10.6 Å². The molecule has 0 saturated heterocycles. The summed E-state index contributed by atoms with van der Waals surface area (Å²) < 4.78 is 29.3. The first-order valence-electron chi connectivity index (χ1n) is 9.57. The number of halogens is 1. The van der Waals surface area contributed by atoms with Gasteiger partial charge in [-0.3, -0.25) is 9.59 Å². The summed E-state index contributed by atoms with van der Waals surface area (Å²) in [6.45, 7) is 1.92. The van der Waals surface area contributed by atoms with Crippen molar-refractivity contribution in [2.24, 2.45) is 0 Å². The van der Waals surface area contributed by atoms with Crippen molar-refractivity contribution in [3.63, 3.8) is 0 Å². The molecule has 0 radical (unpaired) electrons. The smallest absolute Gasteiger partial charge is 0.293 e. The van der Waals surface area contributed by atoms with Gasteiger partial charge in [0.2, 0.25) is 20.8 Å². The van der Waals surface area contributed by atoms with Gasteiger partial charge in [0.15, 0.2) is 5.69 Å². The molecule has 2 aromatic heterocycles. The van der Waals surface area contributed by atoms with Gasteiger partial charge in [0, 0.05) is 17.3 Å². The predicted octanol–water partition coefficient (Wildman–Crippen LogP) is 4.09. The maximum absolute atomic E-state index is 13.0. The van der Waals surface area contributed by atoms with Crippen molar-refractivity contribution in [2.75, 3.05) is 16.9 Å². The first-order valence-corrected chi connectivity index (χ1v) is 11.8. The second-order valence-electron chi connectivity index (χ2n) is 7.20. The minimum atomic E-state index is -3.78. The van der Waals surface area contributed by atoms with E-state index in [0.29, 0.717) is 16.7 Å². The number of carbonyl (C=O) groups is 2. The molecule has 0 spiro atoms. The summed E-state index contributed by atoms with van der Waals surface area (Å²) in [5.74, 6) is -1.56. The highest BCUT2D eigenvalue weighted by molar-refractivity contribution is 7.90. The van der Waals surface area contributed by atoms with Crippen molar-refractivity contribution < 1.29 is 22.4 Å². The zero-order valence-electron chi connectivity index (χ0n) is 17.4. The molecule has 0 aliphatic heterocycles. The van der Waals surface area contributed by atoms with Gasteiger partial charge in [-0.05, 0) is 31.2 Å². The van der Waals surface area contributed by atoms with Crippen molar-refractivity contribution in [3.8, 4) is 0 Å². The number of nitrogens with one attached hydrogen (secondary N) is 2. The van der Waals surface area contributed by atoms with Crippen LogP contribution in [0.4, 0.5) is 11.4 Å². The Morgan fingerprint density at radius 3 is 2.39 bits per heavy atom. The highest BCUT2D eigenvalue weighted by Gasteiger charge is 2.25. The third kappa shape index (κ3) is 4.71. The van der Waals surface area contributed by atoms with E-state index in [4.69, 9.17) is 16.0 Å². The number of aromatic nitrogens is 2. The first-order chi connectivity index (χ1) is 15.6. The molecule has 2 N–H and O–H groups in total. The molecule has 0 bridgehead atoms. The van der Waals surface area contributed by atoms with Gasteiger partial charge in [-0.15, -0.1) is 0 Å². The number of fused-ring (bicyclic) bond motifs is 1. The van der Waals surface area contributed by atoms with E-state index in [2.05, 4.69) is 20.6 Å². The maximum Gasteiger partial charge on any atom is 0.293 e. The zero-order valence-corrected chi connectivity index (χ0v) is 19.0. The standard InChI is InChI=1S/C22H17ClN4O5S/c1-12-7-9-13(10-8-12)25-21(29)19-17(14-5-3-4-6-16(14)32-19)26-20(28)18-15(23)11-24-22(27-18)33(2,30)31/h3-11H,1-2H3,(H,25,29)(H,26,28). The monoisotopic (exact) mass is 484 g/mol. The van der Waals surface area contributed by atoms with Gasteiger partial charge in [0.05, 0.1) is 11.2 Å². The van der Waals surface area contributed by atoms with Crippen LogP contribution >= 0.6 is 11.6 Å². The second-order valence-corrected chi connectivity index (χ2v) is 9.51. The Morgan fingerprint density at radius 1 is 1.00 bits per heavy atom. The van der Waals surface area contributed by atoms with Crippen LogP contribution in [0.25, 0.3) is 11.0 Å². The lowest BCUT2D eigenvalue weighted by atomic mass is 10.2. The van der Waals surface area contributed by atoms with E-state index in [1.807, 2.05) is 19.1 Å². The maximum atomic E-state index is 13.0. The normalized spacial score (nSPS) is 11.4. The number of benzene rings is 2. The van der Waals surface area contributed by atoms with Crippen molar-refractivity contribution >= 4 is 55.6 Å². The number of hydrogen-bond donors (Lipinski definition) is 2. The number of rotatable bonds is 5. The summed E-state index contributed by atoms with van der Waals surface area (Å²) in [5.41, 5.74) is 1.67. The fourth-order valence-electron chi connectivity index (χ4n) is 3.02. The molecule has 0 aliphatic rings. The lowest BCUT2D eigenvalue weighted by Crippen LogP contribution is -2.19. The summed E-state index contributed by atoms with van der Waals surface area (Å²) >= 11 is 6.04. The molecule has 2 amide bonds. The molecular formula is C22H17ClN4O5S. The van der Waals surface area contributed by atoms with Crippen LogP contribution in [-0.4, -0.2) is 36.5 Å². The third-order valence-electron chi connectivity index (χ3n) is 4.62. The summed E-state index contributed by atoms with van der Waals surface area (Å²) in [7, 11) is -3.78. The largest absolute Gasteiger partial charge is 0.449 e. The molecule has 0 fully saturated rings. The third-order valence-corrected chi connectivity index (χ3v) is 5.75. The van der Waals surface area contributed by atoms with Crippen molar-refractivity contribution in [1.82, 2.24) is 9.97 Å². The molecule has 0 unspecified atom stereocenters. The van der Waals surface area contributed by atoms with Crippen LogP contribution in [-0.2, 0) is 9.84 Å². The van der Waals surface area contributed by atoms with Gasteiger partial charge < -0.3 is 15.1 Å². The number of amides is 2. The van der Waals surface area contributed by atoms with E-state index in [9.17, 15) is 18.0 Å².